The molecule has 6 nitrogen and oxygen atoms in total. The van der Waals surface area contributed by atoms with Gasteiger partial charge in [0.05, 0.1) is 13.2 Å². The Morgan fingerprint density at radius 3 is 1.98 bits per heavy atom. The lowest BCUT2D eigenvalue weighted by atomic mass is 9.93. The zero-order chi connectivity index (χ0) is 34.5. The van der Waals surface area contributed by atoms with Crippen LogP contribution in [0.3, 0.4) is 0 Å². The van der Waals surface area contributed by atoms with Crippen molar-refractivity contribution in [1.82, 2.24) is 4.90 Å². The summed E-state index contributed by atoms with van der Waals surface area (Å²) in [5.41, 5.74) is 3.42. The van der Waals surface area contributed by atoms with Crippen molar-refractivity contribution in [3.05, 3.63) is 71.8 Å². The molecule has 1 fully saturated rings. The fraction of sp³-hybridized carbons (Fsp3) is 0.487. The van der Waals surface area contributed by atoms with Crippen molar-refractivity contribution in [3.63, 3.8) is 0 Å². The molecular weight excluding hydrogens is 651 g/mol. The van der Waals surface area contributed by atoms with E-state index in [1.807, 2.05) is 11.3 Å². The average molecular weight is 704 g/mol. The molecule has 3 aromatic carbocycles. The first-order valence-electron chi connectivity index (χ1n) is 17.3. The topological polar surface area (TPSA) is 49.4 Å². The molecule has 6 rings (SSSR count). The molecule has 0 N–H and O–H groups in total. The predicted octanol–water partition coefficient (Wildman–Crippen LogP) is 10.5. The van der Waals surface area contributed by atoms with Gasteiger partial charge in [-0.25, -0.2) is 0 Å². The SMILES string of the molecule is CC(C)(C)[Si](C)(C)Oc1ccc2c(c1)OC(c1ccc(OCCN3CCOCC3)cc1)c1c-2sc2cc(O[Si](C)(C)C(C)(C)C)ccc12. The third-order valence-electron chi connectivity index (χ3n) is 10.7. The summed E-state index contributed by atoms with van der Waals surface area (Å²) < 4.78 is 33.3. The van der Waals surface area contributed by atoms with Gasteiger partial charge in [-0.05, 0) is 84.3 Å². The van der Waals surface area contributed by atoms with Crippen LogP contribution in [0.25, 0.3) is 20.5 Å². The number of thiophene rings is 1. The van der Waals surface area contributed by atoms with E-state index in [4.69, 9.17) is 23.1 Å². The Labute approximate surface area is 293 Å². The van der Waals surface area contributed by atoms with Crippen LogP contribution in [-0.2, 0) is 4.74 Å². The molecular formula is C39H53NO5SSi2. The van der Waals surface area contributed by atoms with Gasteiger partial charge in [-0.15, -0.1) is 11.3 Å². The number of fused-ring (bicyclic) bond motifs is 5. The Hall–Kier alpha value is -2.83. The summed E-state index contributed by atoms with van der Waals surface area (Å²) in [4.78, 5) is 3.63. The third-order valence-corrected chi connectivity index (χ3v) is 20.6. The number of hydrogen-bond acceptors (Lipinski definition) is 7. The number of ether oxygens (including phenoxy) is 3. The standard InChI is InChI=1S/C39H53NO5SSi2/c1-38(2,3)47(7,8)44-29-15-17-31-33(25-29)43-36(27-11-13-28(14-12-27)42-24-21-40-19-22-41-23-20-40)35-32-18-16-30(26-34(32)46-37(31)35)45-48(9,10)39(4,5)6/h11-18,25-26,36H,19-24H2,1-10H3. The minimum absolute atomic E-state index is 0.0984. The number of nitrogens with zero attached hydrogens (tertiary/aromatic N) is 1. The van der Waals surface area contributed by atoms with Gasteiger partial charge in [0.1, 0.15) is 29.6 Å². The predicted molar refractivity (Wildman–Crippen MR) is 205 cm³/mol. The summed E-state index contributed by atoms with van der Waals surface area (Å²) in [6, 6.07) is 21.5. The summed E-state index contributed by atoms with van der Waals surface area (Å²) in [5, 5.41) is 1.43. The first-order valence-corrected chi connectivity index (χ1v) is 23.9. The Morgan fingerprint density at radius 1 is 0.771 bits per heavy atom. The highest BCUT2D eigenvalue weighted by atomic mass is 32.1. The summed E-state index contributed by atoms with van der Waals surface area (Å²) in [7, 11) is -4.01. The second kappa shape index (κ2) is 13.1. The minimum Gasteiger partial charge on any atom is -0.543 e. The van der Waals surface area contributed by atoms with Crippen molar-refractivity contribution in [1.29, 1.82) is 0 Å². The van der Waals surface area contributed by atoms with Crippen LogP contribution in [0.4, 0.5) is 0 Å². The van der Waals surface area contributed by atoms with Crippen LogP contribution in [0.2, 0.25) is 36.3 Å². The van der Waals surface area contributed by atoms with Crippen molar-refractivity contribution < 1.29 is 23.1 Å². The van der Waals surface area contributed by atoms with Crippen LogP contribution in [0, 0.1) is 0 Å². The van der Waals surface area contributed by atoms with E-state index >= 15 is 0 Å². The molecule has 0 saturated carbocycles. The summed E-state index contributed by atoms with van der Waals surface area (Å²) in [6.45, 7) is 27.9. The van der Waals surface area contributed by atoms with Gasteiger partial charge in [0, 0.05) is 51.8 Å². The van der Waals surface area contributed by atoms with Crippen molar-refractivity contribution >= 4 is 38.1 Å². The van der Waals surface area contributed by atoms with Gasteiger partial charge < -0.3 is 23.1 Å². The molecule has 1 atom stereocenters. The molecule has 258 valence electrons. The van der Waals surface area contributed by atoms with Gasteiger partial charge in [-0.3, -0.25) is 4.90 Å². The maximum Gasteiger partial charge on any atom is 0.250 e. The quantitative estimate of drug-likeness (QED) is 0.162. The van der Waals surface area contributed by atoms with E-state index in [2.05, 4.69) is 133 Å². The first kappa shape index (κ1) is 35.0. The van der Waals surface area contributed by atoms with Gasteiger partial charge >= 0.3 is 0 Å². The molecule has 48 heavy (non-hydrogen) atoms. The first-order chi connectivity index (χ1) is 22.5. The molecule has 9 heteroatoms. The van der Waals surface area contributed by atoms with Crippen LogP contribution in [0.5, 0.6) is 23.0 Å². The molecule has 2 aliphatic heterocycles. The van der Waals surface area contributed by atoms with Gasteiger partial charge in [0.15, 0.2) is 6.10 Å². The monoisotopic (exact) mass is 703 g/mol. The highest BCUT2D eigenvalue weighted by Gasteiger charge is 2.41. The van der Waals surface area contributed by atoms with Gasteiger partial charge in [0.2, 0.25) is 16.6 Å². The molecule has 0 bridgehead atoms. The van der Waals surface area contributed by atoms with Gasteiger partial charge in [-0.2, -0.15) is 0 Å². The van der Waals surface area contributed by atoms with E-state index in [0.717, 1.165) is 67.0 Å². The van der Waals surface area contributed by atoms with E-state index < -0.39 is 16.6 Å². The molecule has 0 spiro atoms. The normalized spacial score (nSPS) is 17.4. The largest absolute Gasteiger partial charge is 0.543 e. The molecule has 4 aromatic rings. The van der Waals surface area contributed by atoms with Crippen molar-refractivity contribution in [3.8, 4) is 33.4 Å². The molecule has 0 amide bonds. The molecule has 3 heterocycles. The van der Waals surface area contributed by atoms with Crippen molar-refractivity contribution in [2.24, 2.45) is 0 Å². The zero-order valence-corrected chi connectivity index (χ0v) is 33.3. The van der Waals surface area contributed by atoms with E-state index in [9.17, 15) is 0 Å². The Kier molecular flexibility index (Phi) is 9.58. The van der Waals surface area contributed by atoms with E-state index in [-0.39, 0.29) is 16.2 Å². The van der Waals surface area contributed by atoms with Crippen LogP contribution in [0.1, 0.15) is 58.8 Å². The molecule has 1 saturated heterocycles. The second-order valence-corrected chi connectivity index (χ2v) is 26.8. The Morgan fingerprint density at radius 2 is 1.35 bits per heavy atom. The van der Waals surface area contributed by atoms with Crippen LogP contribution in [0.15, 0.2) is 60.7 Å². The molecule has 0 radical (unpaired) electrons. The second-order valence-electron chi connectivity index (χ2n) is 16.3. The number of hydrogen-bond donors (Lipinski definition) is 0. The molecule has 0 aliphatic carbocycles. The third kappa shape index (κ3) is 7.21. The highest BCUT2D eigenvalue weighted by Crippen LogP contribution is 2.53. The zero-order valence-electron chi connectivity index (χ0n) is 30.5. The maximum atomic E-state index is 6.97. The molecule has 2 aliphatic rings. The fourth-order valence-corrected chi connectivity index (χ4v) is 8.98. The lowest BCUT2D eigenvalue weighted by Crippen LogP contribution is -2.43. The summed E-state index contributed by atoms with van der Waals surface area (Å²) >= 11 is 1.82. The number of rotatable bonds is 9. The lowest BCUT2D eigenvalue weighted by Gasteiger charge is -2.37. The van der Waals surface area contributed by atoms with E-state index in [1.54, 1.807) is 0 Å². The maximum absolute atomic E-state index is 6.97. The number of benzene rings is 3. The molecule has 1 unspecified atom stereocenters. The van der Waals surface area contributed by atoms with E-state index in [1.165, 1.54) is 20.5 Å². The van der Waals surface area contributed by atoms with E-state index in [0.29, 0.717) is 6.61 Å². The highest BCUT2D eigenvalue weighted by molar-refractivity contribution is 7.22. The Balaban J connectivity index is 1.34. The van der Waals surface area contributed by atoms with Crippen LogP contribution >= 0.6 is 11.3 Å². The fourth-order valence-electron chi connectivity index (χ4n) is 5.64. The number of morpholine rings is 1. The average Bonchev–Trinajstić information content (AvgIpc) is 3.39. The van der Waals surface area contributed by atoms with Crippen molar-refractivity contribution in [2.75, 3.05) is 39.5 Å². The summed E-state index contributed by atoms with van der Waals surface area (Å²) in [5.74, 6) is 3.55. The van der Waals surface area contributed by atoms with Gasteiger partial charge in [0.25, 0.3) is 0 Å². The minimum atomic E-state index is -2.03. The Bertz CT molecular complexity index is 1750. The smallest absolute Gasteiger partial charge is 0.250 e. The van der Waals surface area contributed by atoms with Crippen LogP contribution < -0.4 is 18.3 Å². The van der Waals surface area contributed by atoms with Gasteiger partial charge in [-0.1, -0.05) is 53.7 Å². The lowest BCUT2D eigenvalue weighted by molar-refractivity contribution is 0.0322. The van der Waals surface area contributed by atoms with Crippen molar-refractivity contribution in [2.45, 2.75) is 83.9 Å². The molecule has 1 aromatic heterocycles. The van der Waals surface area contributed by atoms with Crippen LogP contribution in [-0.4, -0.2) is 61.0 Å². The summed E-state index contributed by atoms with van der Waals surface area (Å²) in [6.07, 6.45) is -0.265.